The van der Waals surface area contributed by atoms with Crippen molar-refractivity contribution in [2.24, 2.45) is 0 Å². The fourth-order valence-electron chi connectivity index (χ4n) is 3.14. The Kier molecular flexibility index (Phi) is 7.58. The highest BCUT2D eigenvalue weighted by atomic mass is 35.5. The number of benzene rings is 2. The van der Waals surface area contributed by atoms with Gasteiger partial charge in [-0.05, 0) is 42.3 Å². The zero-order valence-corrected chi connectivity index (χ0v) is 18.7. The highest BCUT2D eigenvalue weighted by molar-refractivity contribution is 6.31. The molecule has 3 rings (SSSR count). The molecule has 1 heterocycles. The SMILES string of the molecule is COc1cc(/C=C/C(=O)N2CCC=C(C#Cc3ccccc3Cl)C2=O)cc(OC)c1OC. The van der Waals surface area contributed by atoms with Crippen molar-refractivity contribution in [2.75, 3.05) is 27.9 Å². The van der Waals surface area contributed by atoms with Crippen molar-refractivity contribution in [3.8, 4) is 29.1 Å². The Morgan fingerprint density at radius 2 is 1.75 bits per heavy atom. The van der Waals surface area contributed by atoms with Crippen molar-refractivity contribution in [1.82, 2.24) is 4.90 Å². The molecular weight excluding hydrogens is 430 g/mol. The fourth-order valence-corrected chi connectivity index (χ4v) is 3.32. The first-order chi connectivity index (χ1) is 15.5. The number of hydrogen-bond donors (Lipinski definition) is 0. The van der Waals surface area contributed by atoms with E-state index in [-0.39, 0.29) is 12.1 Å². The average molecular weight is 452 g/mol. The number of methoxy groups -OCH3 is 3. The van der Waals surface area contributed by atoms with E-state index < -0.39 is 11.8 Å². The smallest absolute Gasteiger partial charge is 0.268 e. The molecule has 1 aliphatic rings. The van der Waals surface area contributed by atoms with Crippen molar-refractivity contribution in [1.29, 1.82) is 0 Å². The first-order valence-corrected chi connectivity index (χ1v) is 10.2. The van der Waals surface area contributed by atoms with E-state index in [4.69, 9.17) is 25.8 Å². The lowest BCUT2D eigenvalue weighted by molar-refractivity contribution is -0.139. The maximum absolute atomic E-state index is 12.8. The minimum absolute atomic E-state index is 0.269. The number of hydrogen-bond acceptors (Lipinski definition) is 5. The lowest BCUT2D eigenvalue weighted by Crippen LogP contribution is -2.39. The van der Waals surface area contributed by atoms with Gasteiger partial charge in [0.2, 0.25) is 5.75 Å². The minimum atomic E-state index is -0.436. The van der Waals surface area contributed by atoms with Gasteiger partial charge in [0.1, 0.15) is 0 Å². The first kappa shape index (κ1) is 23.0. The van der Waals surface area contributed by atoms with Crippen LogP contribution in [-0.4, -0.2) is 44.6 Å². The molecule has 0 atom stereocenters. The third kappa shape index (κ3) is 5.13. The van der Waals surface area contributed by atoms with Gasteiger partial charge in [0.05, 0.1) is 31.9 Å². The lowest BCUT2D eigenvalue weighted by atomic mass is 10.1. The van der Waals surface area contributed by atoms with Gasteiger partial charge in [-0.25, -0.2) is 0 Å². The van der Waals surface area contributed by atoms with Crippen LogP contribution in [-0.2, 0) is 9.59 Å². The molecule has 164 valence electrons. The van der Waals surface area contributed by atoms with Crippen LogP contribution in [0.3, 0.4) is 0 Å². The number of imide groups is 1. The average Bonchev–Trinajstić information content (AvgIpc) is 2.81. The normalized spacial score (nSPS) is 13.3. The predicted molar refractivity (Wildman–Crippen MR) is 123 cm³/mol. The van der Waals surface area contributed by atoms with Crippen LogP contribution in [0.25, 0.3) is 6.08 Å². The Balaban J connectivity index is 1.78. The number of amides is 2. The van der Waals surface area contributed by atoms with E-state index in [0.29, 0.717) is 39.8 Å². The fraction of sp³-hybridized carbons (Fsp3) is 0.200. The maximum Gasteiger partial charge on any atom is 0.268 e. The van der Waals surface area contributed by atoms with E-state index in [1.165, 1.54) is 32.3 Å². The second kappa shape index (κ2) is 10.6. The third-order valence-electron chi connectivity index (χ3n) is 4.75. The van der Waals surface area contributed by atoms with Crippen LogP contribution in [0.1, 0.15) is 17.5 Å². The zero-order chi connectivity index (χ0) is 23.1. The van der Waals surface area contributed by atoms with Crippen LogP contribution < -0.4 is 14.2 Å². The van der Waals surface area contributed by atoms with Crippen molar-refractivity contribution < 1.29 is 23.8 Å². The summed E-state index contributed by atoms with van der Waals surface area (Å²) in [4.78, 5) is 26.7. The molecule has 0 fully saturated rings. The minimum Gasteiger partial charge on any atom is -0.493 e. The van der Waals surface area contributed by atoms with Gasteiger partial charge < -0.3 is 14.2 Å². The van der Waals surface area contributed by atoms with E-state index in [9.17, 15) is 9.59 Å². The standard InChI is InChI=1S/C25H22ClNO5/c1-30-21-15-17(16-22(31-2)24(21)32-3)10-13-23(28)27-14-6-8-19(25(27)29)12-11-18-7-4-5-9-20(18)26/h4-5,7-10,13,15-16H,6,14H2,1-3H3/b13-10+. The van der Waals surface area contributed by atoms with Gasteiger partial charge in [-0.1, -0.05) is 41.7 Å². The van der Waals surface area contributed by atoms with Crippen LogP contribution in [0.15, 0.2) is 54.1 Å². The Morgan fingerprint density at radius 3 is 2.38 bits per heavy atom. The number of carbonyl (C=O) groups is 2. The highest BCUT2D eigenvalue weighted by Gasteiger charge is 2.25. The maximum atomic E-state index is 12.8. The molecule has 2 aromatic carbocycles. The largest absolute Gasteiger partial charge is 0.493 e. The molecular formula is C25H22ClNO5. The zero-order valence-electron chi connectivity index (χ0n) is 18.0. The van der Waals surface area contributed by atoms with E-state index in [1.807, 2.05) is 6.07 Å². The number of rotatable bonds is 5. The Bertz CT molecular complexity index is 1130. The molecule has 0 N–H and O–H groups in total. The molecule has 0 saturated heterocycles. The molecule has 2 aromatic rings. The molecule has 0 aromatic heterocycles. The Morgan fingerprint density at radius 1 is 1.06 bits per heavy atom. The number of nitrogens with zero attached hydrogens (tertiary/aromatic N) is 1. The van der Waals surface area contributed by atoms with Crippen LogP contribution in [0.2, 0.25) is 5.02 Å². The topological polar surface area (TPSA) is 65.1 Å². The Labute approximate surface area is 192 Å². The molecule has 0 radical (unpaired) electrons. The van der Waals surface area contributed by atoms with E-state index in [2.05, 4.69) is 11.8 Å². The number of halogens is 1. The highest BCUT2D eigenvalue weighted by Crippen LogP contribution is 2.38. The van der Waals surface area contributed by atoms with Crippen LogP contribution >= 0.6 is 11.6 Å². The summed E-state index contributed by atoms with van der Waals surface area (Å²) < 4.78 is 16.0. The van der Waals surface area contributed by atoms with Crippen molar-refractivity contribution in [3.05, 3.63) is 70.3 Å². The summed E-state index contributed by atoms with van der Waals surface area (Å²) in [5.41, 5.74) is 1.55. The summed E-state index contributed by atoms with van der Waals surface area (Å²) in [7, 11) is 4.54. The summed E-state index contributed by atoms with van der Waals surface area (Å²) in [5, 5.41) is 0.505. The number of ether oxygens (including phenoxy) is 3. The molecule has 6 nitrogen and oxygen atoms in total. The molecule has 0 aliphatic carbocycles. The van der Waals surface area contributed by atoms with Crippen LogP contribution in [0.5, 0.6) is 17.2 Å². The van der Waals surface area contributed by atoms with E-state index in [0.717, 1.165) is 0 Å². The first-order valence-electron chi connectivity index (χ1n) is 9.79. The van der Waals surface area contributed by atoms with Crippen LogP contribution in [0, 0.1) is 11.8 Å². The molecule has 0 unspecified atom stereocenters. The van der Waals surface area contributed by atoms with Gasteiger partial charge in [-0.15, -0.1) is 0 Å². The van der Waals surface area contributed by atoms with Gasteiger partial charge in [-0.2, -0.15) is 0 Å². The van der Waals surface area contributed by atoms with Crippen LogP contribution in [0.4, 0.5) is 0 Å². The van der Waals surface area contributed by atoms with Gasteiger partial charge in [-0.3, -0.25) is 14.5 Å². The predicted octanol–water partition coefficient (Wildman–Crippen LogP) is 4.12. The van der Waals surface area contributed by atoms with Gasteiger partial charge >= 0.3 is 0 Å². The molecule has 32 heavy (non-hydrogen) atoms. The number of carbonyl (C=O) groups excluding carboxylic acids is 2. The lowest BCUT2D eigenvalue weighted by Gasteiger charge is -2.22. The van der Waals surface area contributed by atoms with Gasteiger partial charge in [0, 0.05) is 18.2 Å². The second-order valence-corrected chi connectivity index (χ2v) is 7.13. The van der Waals surface area contributed by atoms with Gasteiger partial charge in [0.25, 0.3) is 11.8 Å². The van der Waals surface area contributed by atoms with Crippen molar-refractivity contribution in [3.63, 3.8) is 0 Å². The third-order valence-corrected chi connectivity index (χ3v) is 5.08. The van der Waals surface area contributed by atoms with E-state index in [1.54, 1.807) is 42.5 Å². The quantitative estimate of drug-likeness (QED) is 0.505. The molecule has 7 heteroatoms. The van der Waals surface area contributed by atoms with Gasteiger partial charge in [0.15, 0.2) is 11.5 Å². The van der Waals surface area contributed by atoms with E-state index >= 15 is 0 Å². The monoisotopic (exact) mass is 451 g/mol. The summed E-state index contributed by atoms with van der Waals surface area (Å²) in [6.45, 7) is 0.286. The molecule has 0 spiro atoms. The molecule has 0 bridgehead atoms. The molecule has 2 amide bonds. The summed E-state index contributed by atoms with van der Waals surface area (Å²) in [6.07, 6.45) is 5.19. The summed E-state index contributed by atoms with van der Waals surface area (Å²) in [6, 6.07) is 10.5. The van der Waals surface area contributed by atoms with Crippen molar-refractivity contribution >= 4 is 29.5 Å². The molecule has 1 aliphatic heterocycles. The summed E-state index contributed by atoms with van der Waals surface area (Å²) >= 11 is 6.11. The Hall–Kier alpha value is -3.69. The molecule has 0 saturated carbocycles. The summed E-state index contributed by atoms with van der Waals surface area (Å²) in [5.74, 6) is 6.26. The van der Waals surface area contributed by atoms with Crippen molar-refractivity contribution in [2.45, 2.75) is 6.42 Å². The second-order valence-electron chi connectivity index (χ2n) is 6.72.